The summed E-state index contributed by atoms with van der Waals surface area (Å²) in [6.07, 6.45) is 0. The van der Waals surface area contributed by atoms with Crippen LogP contribution in [-0.4, -0.2) is 12.5 Å². The SMILES string of the molecule is NNC(=O)COCc1ccc(Br)cc1. The number of rotatable bonds is 4. The Morgan fingerprint density at radius 3 is 2.64 bits per heavy atom. The van der Waals surface area contributed by atoms with Crippen molar-refractivity contribution in [2.45, 2.75) is 6.61 Å². The quantitative estimate of drug-likeness (QED) is 0.481. The van der Waals surface area contributed by atoms with E-state index in [1.165, 1.54) is 0 Å². The second-order valence-electron chi connectivity index (χ2n) is 2.69. The van der Waals surface area contributed by atoms with Crippen molar-refractivity contribution >= 4 is 21.8 Å². The molecule has 0 aromatic heterocycles. The molecule has 0 heterocycles. The summed E-state index contributed by atoms with van der Waals surface area (Å²) in [6.45, 7) is 0.382. The van der Waals surface area contributed by atoms with Crippen molar-refractivity contribution in [3.8, 4) is 0 Å². The van der Waals surface area contributed by atoms with E-state index in [9.17, 15) is 4.79 Å². The van der Waals surface area contributed by atoms with Gasteiger partial charge in [-0.05, 0) is 17.7 Å². The molecule has 1 aromatic rings. The summed E-state index contributed by atoms with van der Waals surface area (Å²) < 4.78 is 6.12. The first kappa shape index (κ1) is 11.2. The minimum atomic E-state index is -0.331. The molecule has 0 aliphatic heterocycles. The summed E-state index contributed by atoms with van der Waals surface area (Å²) in [5.41, 5.74) is 3.00. The zero-order chi connectivity index (χ0) is 10.4. The van der Waals surface area contributed by atoms with E-state index in [2.05, 4.69) is 15.9 Å². The Bertz CT molecular complexity index is 300. The van der Waals surface area contributed by atoms with Crippen LogP contribution in [0.3, 0.4) is 0 Å². The van der Waals surface area contributed by atoms with Crippen LogP contribution in [-0.2, 0) is 16.1 Å². The van der Waals surface area contributed by atoms with E-state index in [4.69, 9.17) is 10.6 Å². The van der Waals surface area contributed by atoms with Gasteiger partial charge in [-0.1, -0.05) is 28.1 Å². The van der Waals surface area contributed by atoms with E-state index in [1.807, 2.05) is 29.7 Å². The van der Waals surface area contributed by atoms with Gasteiger partial charge in [-0.15, -0.1) is 0 Å². The van der Waals surface area contributed by atoms with Gasteiger partial charge in [0.05, 0.1) is 6.61 Å². The topological polar surface area (TPSA) is 64.3 Å². The van der Waals surface area contributed by atoms with E-state index in [0.717, 1.165) is 10.0 Å². The molecule has 4 nitrogen and oxygen atoms in total. The lowest BCUT2D eigenvalue weighted by atomic mass is 10.2. The monoisotopic (exact) mass is 258 g/mol. The van der Waals surface area contributed by atoms with Crippen molar-refractivity contribution in [3.63, 3.8) is 0 Å². The number of ether oxygens (including phenoxy) is 1. The molecule has 0 bridgehead atoms. The molecular formula is C9H11BrN2O2. The number of carbonyl (C=O) groups excluding carboxylic acids is 1. The molecule has 0 aliphatic carbocycles. The molecule has 0 unspecified atom stereocenters. The maximum Gasteiger partial charge on any atom is 0.259 e. The second-order valence-corrected chi connectivity index (χ2v) is 3.60. The maximum atomic E-state index is 10.7. The van der Waals surface area contributed by atoms with Gasteiger partial charge in [-0.25, -0.2) is 5.84 Å². The van der Waals surface area contributed by atoms with Crippen molar-refractivity contribution in [1.82, 2.24) is 5.43 Å². The number of carbonyl (C=O) groups is 1. The Balaban J connectivity index is 2.31. The van der Waals surface area contributed by atoms with Crippen molar-refractivity contribution in [3.05, 3.63) is 34.3 Å². The van der Waals surface area contributed by atoms with E-state index < -0.39 is 0 Å². The second kappa shape index (κ2) is 5.74. The number of nitrogens with two attached hydrogens (primary N) is 1. The molecule has 14 heavy (non-hydrogen) atoms. The molecule has 0 radical (unpaired) electrons. The molecule has 0 fully saturated rings. The van der Waals surface area contributed by atoms with Gasteiger partial charge in [-0.3, -0.25) is 10.2 Å². The van der Waals surface area contributed by atoms with Crippen molar-refractivity contribution < 1.29 is 9.53 Å². The third-order valence-corrected chi connectivity index (χ3v) is 2.10. The van der Waals surface area contributed by atoms with Gasteiger partial charge in [0.1, 0.15) is 6.61 Å². The van der Waals surface area contributed by atoms with Gasteiger partial charge in [0.25, 0.3) is 5.91 Å². The predicted octanol–water partition coefficient (Wildman–Crippen LogP) is 0.956. The molecule has 5 heteroatoms. The van der Waals surface area contributed by atoms with Crippen LogP contribution >= 0.6 is 15.9 Å². The number of hydrazine groups is 1. The van der Waals surface area contributed by atoms with E-state index >= 15 is 0 Å². The maximum absolute atomic E-state index is 10.7. The first-order chi connectivity index (χ1) is 6.72. The average Bonchev–Trinajstić information content (AvgIpc) is 2.21. The molecule has 0 saturated carbocycles. The molecule has 3 N–H and O–H groups in total. The molecule has 76 valence electrons. The third kappa shape index (κ3) is 3.87. The summed E-state index contributed by atoms with van der Waals surface area (Å²) in [4.78, 5) is 10.7. The Kier molecular flexibility index (Phi) is 4.58. The molecule has 1 amide bonds. The number of halogens is 1. The Morgan fingerprint density at radius 1 is 1.43 bits per heavy atom. The summed E-state index contributed by atoms with van der Waals surface area (Å²) in [5, 5.41) is 0. The standard InChI is InChI=1S/C9H11BrN2O2/c10-8-3-1-7(2-4-8)5-14-6-9(13)12-11/h1-4H,5-6,11H2,(H,12,13). The highest BCUT2D eigenvalue weighted by Crippen LogP contribution is 2.10. The van der Waals surface area contributed by atoms with E-state index in [0.29, 0.717) is 6.61 Å². The van der Waals surface area contributed by atoms with Gasteiger partial charge in [-0.2, -0.15) is 0 Å². The normalized spacial score (nSPS) is 9.86. The fraction of sp³-hybridized carbons (Fsp3) is 0.222. The van der Waals surface area contributed by atoms with Crippen LogP contribution in [0.1, 0.15) is 5.56 Å². The number of hydrogen-bond donors (Lipinski definition) is 2. The third-order valence-electron chi connectivity index (χ3n) is 1.58. The van der Waals surface area contributed by atoms with Crippen molar-refractivity contribution in [2.24, 2.45) is 5.84 Å². The largest absolute Gasteiger partial charge is 0.367 e. The lowest BCUT2D eigenvalue weighted by Gasteiger charge is -2.03. The molecule has 0 aliphatic rings. The number of benzene rings is 1. The number of hydrogen-bond acceptors (Lipinski definition) is 3. The highest BCUT2D eigenvalue weighted by Gasteiger charge is 1.98. The molecule has 0 saturated heterocycles. The number of amides is 1. The van der Waals surface area contributed by atoms with Crippen LogP contribution in [0.5, 0.6) is 0 Å². The summed E-state index contributed by atoms with van der Waals surface area (Å²) in [6, 6.07) is 7.68. The van der Waals surface area contributed by atoms with Crippen LogP contribution in [0.25, 0.3) is 0 Å². The van der Waals surface area contributed by atoms with Crippen molar-refractivity contribution in [2.75, 3.05) is 6.61 Å². The Morgan fingerprint density at radius 2 is 2.07 bits per heavy atom. The summed E-state index contributed by atoms with van der Waals surface area (Å²) >= 11 is 3.33. The van der Waals surface area contributed by atoms with Crippen LogP contribution in [0, 0.1) is 0 Å². The van der Waals surface area contributed by atoms with Gasteiger partial charge in [0.2, 0.25) is 0 Å². The van der Waals surface area contributed by atoms with E-state index in [1.54, 1.807) is 0 Å². The van der Waals surface area contributed by atoms with Crippen LogP contribution < -0.4 is 11.3 Å². The highest BCUT2D eigenvalue weighted by molar-refractivity contribution is 9.10. The zero-order valence-corrected chi connectivity index (χ0v) is 9.08. The zero-order valence-electron chi connectivity index (χ0n) is 7.50. The van der Waals surface area contributed by atoms with Crippen molar-refractivity contribution in [1.29, 1.82) is 0 Å². The fourth-order valence-electron chi connectivity index (χ4n) is 0.884. The molecular weight excluding hydrogens is 248 g/mol. The molecule has 0 atom stereocenters. The Labute approximate surface area is 90.5 Å². The lowest BCUT2D eigenvalue weighted by molar-refractivity contribution is -0.126. The minimum absolute atomic E-state index is 0.0213. The van der Waals surface area contributed by atoms with Crippen LogP contribution in [0.2, 0.25) is 0 Å². The number of nitrogens with one attached hydrogen (secondary N) is 1. The van der Waals surface area contributed by atoms with E-state index in [-0.39, 0.29) is 12.5 Å². The fourth-order valence-corrected chi connectivity index (χ4v) is 1.15. The molecule has 0 spiro atoms. The van der Waals surface area contributed by atoms with Gasteiger partial charge >= 0.3 is 0 Å². The highest BCUT2D eigenvalue weighted by atomic mass is 79.9. The smallest absolute Gasteiger partial charge is 0.259 e. The first-order valence-electron chi connectivity index (χ1n) is 4.04. The average molecular weight is 259 g/mol. The van der Waals surface area contributed by atoms with Gasteiger partial charge < -0.3 is 4.74 Å². The van der Waals surface area contributed by atoms with Crippen LogP contribution in [0.4, 0.5) is 0 Å². The lowest BCUT2D eigenvalue weighted by Crippen LogP contribution is -2.33. The predicted molar refractivity (Wildman–Crippen MR) is 56.1 cm³/mol. The van der Waals surface area contributed by atoms with Gasteiger partial charge in [0.15, 0.2) is 0 Å². The Hall–Kier alpha value is -0.910. The van der Waals surface area contributed by atoms with Gasteiger partial charge in [0, 0.05) is 4.47 Å². The summed E-state index contributed by atoms with van der Waals surface area (Å²) in [5.74, 6) is 4.55. The molecule has 1 rings (SSSR count). The molecule has 1 aromatic carbocycles. The first-order valence-corrected chi connectivity index (χ1v) is 4.83. The summed E-state index contributed by atoms with van der Waals surface area (Å²) in [7, 11) is 0. The van der Waals surface area contributed by atoms with Crippen LogP contribution in [0.15, 0.2) is 28.7 Å². The minimum Gasteiger partial charge on any atom is -0.367 e.